The first-order valence-corrected chi connectivity index (χ1v) is 7.97. The number of aromatic nitrogens is 4. The second-order valence-corrected chi connectivity index (χ2v) is 6.64. The van der Waals surface area contributed by atoms with Gasteiger partial charge in [0.05, 0.1) is 0 Å². The van der Waals surface area contributed by atoms with Crippen molar-refractivity contribution in [1.82, 2.24) is 24.4 Å². The van der Waals surface area contributed by atoms with Gasteiger partial charge in [0.1, 0.15) is 17.7 Å². The third-order valence-corrected chi connectivity index (χ3v) is 3.62. The minimum Gasteiger partial charge on any atom is -0.444 e. The predicted octanol–water partition coefficient (Wildman–Crippen LogP) is 1.72. The molecule has 0 aliphatic carbocycles. The Morgan fingerprint density at radius 3 is 2.54 bits per heavy atom. The minimum atomic E-state index is -0.472. The maximum Gasteiger partial charge on any atom is 0.410 e. The van der Waals surface area contributed by atoms with Crippen LogP contribution in [0.25, 0.3) is 5.95 Å². The Hall–Kier alpha value is -2.64. The van der Waals surface area contributed by atoms with Crippen molar-refractivity contribution in [2.45, 2.75) is 26.4 Å². The van der Waals surface area contributed by atoms with Crippen LogP contribution >= 0.6 is 0 Å². The van der Waals surface area contributed by atoms with E-state index >= 15 is 0 Å². The molecule has 1 aliphatic heterocycles. The summed E-state index contributed by atoms with van der Waals surface area (Å²) in [5.41, 5.74) is -0.472. The lowest BCUT2D eigenvalue weighted by molar-refractivity contribution is 0.0240. The molecule has 0 saturated carbocycles. The van der Waals surface area contributed by atoms with Gasteiger partial charge in [-0.1, -0.05) is 0 Å². The van der Waals surface area contributed by atoms with Gasteiger partial charge in [0.25, 0.3) is 0 Å². The van der Waals surface area contributed by atoms with Crippen molar-refractivity contribution >= 4 is 11.9 Å². The predicted molar refractivity (Wildman–Crippen MR) is 89.2 cm³/mol. The quantitative estimate of drug-likeness (QED) is 0.834. The first-order chi connectivity index (χ1) is 11.4. The van der Waals surface area contributed by atoms with E-state index in [1.165, 1.54) is 0 Å². The molecule has 24 heavy (non-hydrogen) atoms. The van der Waals surface area contributed by atoms with Crippen molar-refractivity contribution < 1.29 is 9.53 Å². The second kappa shape index (κ2) is 6.46. The van der Waals surface area contributed by atoms with Gasteiger partial charge in [-0.2, -0.15) is 4.98 Å². The van der Waals surface area contributed by atoms with E-state index in [2.05, 4.69) is 19.9 Å². The summed E-state index contributed by atoms with van der Waals surface area (Å²) in [7, 11) is 0. The molecule has 8 heteroatoms. The van der Waals surface area contributed by atoms with Gasteiger partial charge in [-0.3, -0.25) is 4.57 Å². The minimum absolute atomic E-state index is 0.260. The lowest BCUT2D eigenvalue weighted by Crippen LogP contribution is -2.50. The molecule has 0 radical (unpaired) electrons. The lowest BCUT2D eigenvalue weighted by atomic mass is 10.2. The second-order valence-electron chi connectivity index (χ2n) is 6.64. The van der Waals surface area contributed by atoms with Crippen molar-refractivity contribution in [2.24, 2.45) is 0 Å². The third kappa shape index (κ3) is 3.81. The lowest BCUT2D eigenvalue weighted by Gasteiger charge is -2.36. The molecule has 1 amide bonds. The summed E-state index contributed by atoms with van der Waals surface area (Å²) in [5, 5.41) is 0. The van der Waals surface area contributed by atoms with Gasteiger partial charge >= 0.3 is 6.09 Å². The fourth-order valence-corrected chi connectivity index (χ4v) is 2.46. The monoisotopic (exact) mass is 330 g/mol. The number of carbonyl (C=O) groups is 1. The van der Waals surface area contributed by atoms with Crippen molar-refractivity contribution in [3.05, 3.63) is 31.0 Å². The molecular weight excluding hydrogens is 308 g/mol. The Bertz CT molecular complexity index is 687. The summed E-state index contributed by atoms with van der Waals surface area (Å²) >= 11 is 0. The number of rotatable bonds is 2. The van der Waals surface area contributed by atoms with Crippen LogP contribution in [-0.4, -0.2) is 62.3 Å². The topological polar surface area (TPSA) is 76.4 Å². The van der Waals surface area contributed by atoms with E-state index in [4.69, 9.17) is 4.74 Å². The van der Waals surface area contributed by atoms with Gasteiger partial charge < -0.3 is 14.5 Å². The average molecular weight is 330 g/mol. The molecular formula is C16H22N6O2. The van der Waals surface area contributed by atoms with E-state index in [1.807, 2.05) is 26.8 Å². The molecule has 0 unspecified atom stereocenters. The van der Waals surface area contributed by atoms with Crippen LogP contribution in [0.2, 0.25) is 0 Å². The molecule has 0 spiro atoms. The van der Waals surface area contributed by atoms with Gasteiger partial charge in [0.2, 0.25) is 5.95 Å². The Morgan fingerprint density at radius 2 is 1.92 bits per heavy atom. The molecule has 0 N–H and O–H groups in total. The summed E-state index contributed by atoms with van der Waals surface area (Å²) in [4.78, 5) is 28.8. The zero-order valence-corrected chi connectivity index (χ0v) is 14.2. The maximum absolute atomic E-state index is 12.1. The first-order valence-electron chi connectivity index (χ1n) is 7.97. The van der Waals surface area contributed by atoms with Crippen molar-refractivity contribution in [2.75, 3.05) is 31.1 Å². The van der Waals surface area contributed by atoms with E-state index in [9.17, 15) is 4.79 Å². The smallest absolute Gasteiger partial charge is 0.410 e. The first kappa shape index (κ1) is 16.2. The molecule has 0 aromatic carbocycles. The number of carbonyl (C=O) groups excluding carboxylic acids is 1. The normalized spacial score (nSPS) is 15.5. The summed E-state index contributed by atoms with van der Waals surface area (Å²) in [6.07, 6.45) is 6.64. The van der Waals surface area contributed by atoms with Gasteiger partial charge in [-0.25, -0.2) is 14.8 Å². The zero-order valence-electron chi connectivity index (χ0n) is 14.2. The SMILES string of the molecule is CC(C)(C)OC(=O)N1CCN(c2ccnc(-n3ccnc3)n2)CC1. The molecule has 1 fully saturated rings. The molecule has 0 atom stereocenters. The Morgan fingerprint density at radius 1 is 1.17 bits per heavy atom. The maximum atomic E-state index is 12.1. The van der Waals surface area contributed by atoms with Crippen LogP contribution < -0.4 is 4.90 Å². The zero-order chi connectivity index (χ0) is 17.2. The van der Waals surface area contributed by atoms with Crippen molar-refractivity contribution in [3.63, 3.8) is 0 Å². The Kier molecular flexibility index (Phi) is 4.37. The van der Waals surface area contributed by atoms with Gasteiger partial charge in [-0.05, 0) is 26.8 Å². The molecule has 2 aromatic heterocycles. The third-order valence-electron chi connectivity index (χ3n) is 3.62. The highest BCUT2D eigenvalue weighted by Gasteiger charge is 2.26. The van der Waals surface area contributed by atoms with Gasteiger partial charge in [0.15, 0.2) is 0 Å². The molecule has 0 bridgehead atoms. The number of amides is 1. The summed E-state index contributed by atoms with van der Waals surface area (Å²) in [5.74, 6) is 1.43. The summed E-state index contributed by atoms with van der Waals surface area (Å²) in [6.45, 7) is 8.26. The number of imidazole rings is 1. The fourth-order valence-electron chi connectivity index (χ4n) is 2.46. The molecule has 3 heterocycles. The van der Waals surface area contributed by atoms with Crippen LogP contribution in [0, 0.1) is 0 Å². The Balaban J connectivity index is 1.63. The summed E-state index contributed by atoms with van der Waals surface area (Å²) < 4.78 is 7.18. The number of piperazine rings is 1. The van der Waals surface area contributed by atoms with Crippen LogP contribution in [0.15, 0.2) is 31.0 Å². The van der Waals surface area contributed by atoms with E-state index < -0.39 is 5.60 Å². The highest BCUT2D eigenvalue weighted by atomic mass is 16.6. The number of ether oxygens (including phenoxy) is 1. The molecule has 2 aromatic rings. The van der Waals surface area contributed by atoms with Gasteiger partial charge in [0, 0.05) is 44.8 Å². The fraction of sp³-hybridized carbons (Fsp3) is 0.500. The van der Waals surface area contributed by atoms with Crippen LogP contribution in [0.5, 0.6) is 0 Å². The average Bonchev–Trinajstić information content (AvgIpc) is 3.08. The Labute approximate surface area is 141 Å². The molecule has 128 valence electrons. The molecule has 1 saturated heterocycles. The van der Waals surface area contributed by atoms with Crippen molar-refractivity contribution in [3.8, 4) is 5.95 Å². The van der Waals surface area contributed by atoms with Crippen LogP contribution in [-0.2, 0) is 4.74 Å². The van der Waals surface area contributed by atoms with Gasteiger partial charge in [-0.15, -0.1) is 0 Å². The number of hydrogen-bond acceptors (Lipinski definition) is 6. The largest absolute Gasteiger partial charge is 0.444 e. The number of anilines is 1. The number of nitrogens with zero attached hydrogens (tertiary/aromatic N) is 6. The van der Waals surface area contributed by atoms with Crippen molar-refractivity contribution in [1.29, 1.82) is 0 Å². The number of hydrogen-bond donors (Lipinski definition) is 0. The molecule has 1 aliphatic rings. The highest BCUT2D eigenvalue weighted by Crippen LogP contribution is 2.16. The molecule has 8 nitrogen and oxygen atoms in total. The highest BCUT2D eigenvalue weighted by molar-refractivity contribution is 5.68. The van der Waals surface area contributed by atoms with Crippen LogP contribution in [0.4, 0.5) is 10.6 Å². The van der Waals surface area contributed by atoms with E-state index in [0.717, 1.165) is 5.82 Å². The summed E-state index contributed by atoms with van der Waals surface area (Å²) in [6, 6.07) is 1.88. The molecule has 3 rings (SSSR count). The van der Waals surface area contributed by atoms with Crippen LogP contribution in [0.1, 0.15) is 20.8 Å². The standard InChI is InChI=1S/C16H22N6O2/c1-16(2,3)24-15(23)21-10-8-20(9-11-21)13-4-5-18-14(19-13)22-7-6-17-12-22/h4-7,12H,8-11H2,1-3H3. The van der Waals surface area contributed by atoms with E-state index in [1.54, 1.807) is 34.4 Å². The van der Waals surface area contributed by atoms with E-state index in [0.29, 0.717) is 32.1 Å². The van der Waals surface area contributed by atoms with E-state index in [-0.39, 0.29) is 6.09 Å². The van der Waals surface area contributed by atoms with Crippen LogP contribution in [0.3, 0.4) is 0 Å².